The molecule has 0 bridgehead atoms. The lowest BCUT2D eigenvalue weighted by molar-refractivity contribution is 0.942. The number of nitrogens with zero attached hydrogens (tertiary/aromatic N) is 3. The maximum absolute atomic E-state index is 3.77. The molecule has 2 aromatic heterocycles. The van der Waals surface area contributed by atoms with Gasteiger partial charge in [-0.2, -0.15) is 0 Å². The molecule has 0 aromatic carbocycles. The third-order valence-corrected chi connectivity index (χ3v) is 2.21. The van der Waals surface area contributed by atoms with Gasteiger partial charge in [-0.1, -0.05) is 9.59 Å². The predicted molar refractivity (Wildman–Crippen MR) is 50.7 cm³/mol. The molecule has 0 aliphatic carbocycles. The minimum absolute atomic E-state index is 0.774. The molecule has 0 unspecified atom stereocenters. The molecule has 2 N–H and O–H groups in total. The van der Waals surface area contributed by atoms with E-state index in [1.54, 1.807) is 0 Å². The molecule has 2 heterocycles. The quantitative estimate of drug-likeness (QED) is 0.761. The summed E-state index contributed by atoms with van der Waals surface area (Å²) in [5.74, 6) is 0. The highest BCUT2D eigenvalue weighted by molar-refractivity contribution is 7.09. The standard InChI is InChI=1S/C7H9N5S/c1-3-8-5-6(1)2-4-9-7-10-11-12-13-7/h1,3,5,8H,2,4H2,(H,9,10,12). The molecule has 2 rings (SSSR count). The molecular formula is C7H9N5S. The number of anilines is 1. The van der Waals surface area contributed by atoms with Crippen molar-refractivity contribution >= 4 is 16.7 Å². The van der Waals surface area contributed by atoms with Crippen LogP contribution in [0.1, 0.15) is 5.56 Å². The first-order valence-corrected chi connectivity index (χ1v) is 4.73. The summed E-state index contributed by atoms with van der Waals surface area (Å²) < 4.78 is 3.65. The molecule has 13 heavy (non-hydrogen) atoms. The van der Waals surface area contributed by atoms with Gasteiger partial charge < -0.3 is 10.3 Å². The Morgan fingerprint density at radius 3 is 3.23 bits per heavy atom. The smallest absolute Gasteiger partial charge is 0.225 e. The van der Waals surface area contributed by atoms with Crippen molar-refractivity contribution in [1.29, 1.82) is 0 Å². The van der Waals surface area contributed by atoms with Crippen LogP contribution in [0.5, 0.6) is 0 Å². The molecule has 68 valence electrons. The number of aromatic nitrogens is 4. The number of nitrogens with one attached hydrogen (secondary N) is 2. The Morgan fingerprint density at radius 1 is 1.54 bits per heavy atom. The first-order chi connectivity index (χ1) is 6.45. The maximum atomic E-state index is 3.77. The highest BCUT2D eigenvalue weighted by Gasteiger charge is 1.96. The van der Waals surface area contributed by atoms with Crippen molar-refractivity contribution in [2.24, 2.45) is 0 Å². The van der Waals surface area contributed by atoms with Crippen LogP contribution in [0.2, 0.25) is 0 Å². The zero-order valence-electron chi connectivity index (χ0n) is 6.90. The van der Waals surface area contributed by atoms with Gasteiger partial charge in [-0.15, -0.1) is 0 Å². The SMILES string of the molecule is c1cc(CCNc2nnns2)c[nH]1. The van der Waals surface area contributed by atoms with Crippen LogP contribution in [0.4, 0.5) is 5.13 Å². The summed E-state index contributed by atoms with van der Waals surface area (Å²) >= 11 is 1.27. The molecule has 0 fully saturated rings. The Morgan fingerprint density at radius 2 is 2.54 bits per heavy atom. The van der Waals surface area contributed by atoms with Gasteiger partial charge in [0.15, 0.2) is 0 Å². The molecule has 0 atom stereocenters. The summed E-state index contributed by atoms with van der Waals surface area (Å²) in [6, 6.07) is 2.06. The Balaban J connectivity index is 1.76. The molecule has 0 saturated carbocycles. The van der Waals surface area contributed by atoms with Crippen molar-refractivity contribution < 1.29 is 0 Å². The summed E-state index contributed by atoms with van der Waals surface area (Å²) in [5, 5.41) is 11.2. The summed E-state index contributed by atoms with van der Waals surface area (Å²) in [5.41, 5.74) is 1.28. The van der Waals surface area contributed by atoms with E-state index >= 15 is 0 Å². The van der Waals surface area contributed by atoms with Crippen molar-refractivity contribution in [1.82, 2.24) is 19.8 Å². The van der Waals surface area contributed by atoms with Gasteiger partial charge >= 0.3 is 0 Å². The Labute approximate surface area is 79.4 Å². The number of H-pyrrole nitrogens is 1. The van der Waals surface area contributed by atoms with E-state index < -0.39 is 0 Å². The van der Waals surface area contributed by atoms with Gasteiger partial charge in [0.2, 0.25) is 5.13 Å². The second-order valence-electron chi connectivity index (χ2n) is 2.56. The first kappa shape index (κ1) is 8.18. The van der Waals surface area contributed by atoms with Gasteiger partial charge in [0, 0.05) is 30.5 Å². The lowest BCUT2D eigenvalue weighted by Gasteiger charge is -1.98. The summed E-state index contributed by atoms with van der Waals surface area (Å²) in [7, 11) is 0. The monoisotopic (exact) mass is 195 g/mol. The Bertz CT molecular complexity index is 293. The van der Waals surface area contributed by atoms with E-state index in [4.69, 9.17) is 0 Å². The zero-order chi connectivity index (χ0) is 8.93. The lowest BCUT2D eigenvalue weighted by atomic mass is 10.2. The molecule has 2 aromatic rings. The van der Waals surface area contributed by atoms with Crippen molar-refractivity contribution in [2.45, 2.75) is 6.42 Å². The average Bonchev–Trinajstić information content (AvgIpc) is 2.75. The maximum Gasteiger partial charge on any atom is 0.225 e. The molecule has 0 spiro atoms. The van der Waals surface area contributed by atoms with E-state index in [1.165, 1.54) is 17.1 Å². The van der Waals surface area contributed by atoms with Crippen molar-refractivity contribution in [3.63, 3.8) is 0 Å². The molecule has 5 nitrogen and oxygen atoms in total. The fraction of sp³-hybridized carbons (Fsp3) is 0.286. The molecule has 0 saturated heterocycles. The minimum Gasteiger partial charge on any atom is -0.367 e. The van der Waals surface area contributed by atoms with Crippen LogP contribution in [-0.4, -0.2) is 26.3 Å². The first-order valence-electron chi connectivity index (χ1n) is 3.96. The van der Waals surface area contributed by atoms with Crippen LogP contribution in [0.15, 0.2) is 18.5 Å². The molecule has 6 heteroatoms. The summed E-state index contributed by atoms with van der Waals surface area (Å²) in [6.07, 6.45) is 4.88. The zero-order valence-corrected chi connectivity index (χ0v) is 7.71. The number of hydrogen-bond acceptors (Lipinski definition) is 5. The van der Waals surface area contributed by atoms with Crippen LogP contribution < -0.4 is 5.32 Å². The third kappa shape index (κ3) is 2.25. The average molecular weight is 195 g/mol. The summed E-state index contributed by atoms with van der Waals surface area (Å²) in [4.78, 5) is 3.01. The molecule has 0 amide bonds. The molecular weight excluding hydrogens is 186 g/mol. The van der Waals surface area contributed by atoms with Gasteiger partial charge in [-0.3, -0.25) is 0 Å². The topological polar surface area (TPSA) is 66.5 Å². The van der Waals surface area contributed by atoms with Gasteiger partial charge in [0.25, 0.3) is 0 Å². The number of aromatic amines is 1. The van der Waals surface area contributed by atoms with Gasteiger partial charge in [-0.25, -0.2) is 0 Å². The second-order valence-corrected chi connectivity index (χ2v) is 3.30. The largest absolute Gasteiger partial charge is 0.367 e. The lowest BCUT2D eigenvalue weighted by Crippen LogP contribution is -2.03. The van der Waals surface area contributed by atoms with E-state index in [2.05, 4.69) is 31.2 Å². The van der Waals surface area contributed by atoms with E-state index in [0.717, 1.165) is 18.1 Å². The van der Waals surface area contributed by atoms with Crippen LogP contribution in [-0.2, 0) is 6.42 Å². The number of hydrogen-bond donors (Lipinski definition) is 2. The van der Waals surface area contributed by atoms with Crippen molar-refractivity contribution in [3.8, 4) is 0 Å². The van der Waals surface area contributed by atoms with Crippen LogP contribution in [0.25, 0.3) is 0 Å². The summed E-state index contributed by atoms with van der Waals surface area (Å²) in [6.45, 7) is 0.856. The van der Waals surface area contributed by atoms with Gasteiger partial charge in [0.1, 0.15) is 0 Å². The fourth-order valence-electron chi connectivity index (χ4n) is 1.03. The van der Waals surface area contributed by atoms with E-state index in [1.807, 2.05) is 12.4 Å². The molecule has 0 aliphatic rings. The van der Waals surface area contributed by atoms with Gasteiger partial charge in [0.05, 0.1) is 0 Å². The van der Waals surface area contributed by atoms with Crippen LogP contribution in [0, 0.1) is 0 Å². The molecule has 0 aliphatic heterocycles. The van der Waals surface area contributed by atoms with E-state index in [-0.39, 0.29) is 0 Å². The van der Waals surface area contributed by atoms with E-state index in [9.17, 15) is 0 Å². The van der Waals surface area contributed by atoms with Crippen LogP contribution >= 0.6 is 11.5 Å². The van der Waals surface area contributed by atoms with Crippen LogP contribution in [0.3, 0.4) is 0 Å². The second kappa shape index (κ2) is 3.99. The Hall–Kier alpha value is -1.43. The highest BCUT2D eigenvalue weighted by Crippen LogP contribution is 2.05. The van der Waals surface area contributed by atoms with E-state index in [0.29, 0.717) is 0 Å². The minimum atomic E-state index is 0.774. The molecule has 0 radical (unpaired) electrons. The fourth-order valence-corrected chi connectivity index (χ4v) is 1.42. The van der Waals surface area contributed by atoms with Gasteiger partial charge in [-0.05, 0) is 23.3 Å². The normalized spacial score (nSPS) is 10.2. The predicted octanol–water partition coefficient (Wildman–Crippen LogP) is 0.916. The third-order valence-electron chi connectivity index (χ3n) is 1.65. The van der Waals surface area contributed by atoms with Crippen molar-refractivity contribution in [2.75, 3.05) is 11.9 Å². The number of rotatable bonds is 4. The Kier molecular flexibility index (Phi) is 2.51. The highest BCUT2D eigenvalue weighted by atomic mass is 32.1. The van der Waals surface area contributed by atoms with Crippen molar-refractivity contribution in [3.05, 3.63) is 24.0 Å².